The predicted molar refractivity (Wildman–Crippen MR) is 55.9 cm³/mol. The van der Waals surface area contributed by atoms with Gasteiger partial charge < -0.3 is 4.74 Å². The number of nitrogens with one attached hydrogen (secondary N) is 1. The molecular weight excluding hydrogens is 176 g/mol. The topological polar surface area (TPSA) is 33.6 Å². The Morgan fingerprint density at radius 3 is 2.79 bits per heavy atom. The Morgan fingerprint density at radius 2 is 2.14 bits per heavy atom. The molecule has 0 aromatic heterocycles. The van der Waals surface area contributed by atoms with Crippen molar-refractivity contribution in [2.45, 2.75) is 26.0 Å². The lowest BCUT2D eigenvalue weighted by Gasteiger charge is -2.09. The summed E-state index contributed by atoms with van der Waals surface area (Å²) in [6, 6.07) is 10.4. The van der Waals surface area contributed by atoms with E-state index in [1.165, 1.54) is 5.56 Å². The molecule has 2 rings (SSSR count). The van der Waals surface area contributed by atoms with E-state index in [0.717, 1.165) is 18.7 Å². The predicted octanol–water partition coefficient (Wildman–Crippen LogP) is 1.90. The SMILES string of the molecule is CC1=NNC(CCc2ccccc2)O1. The monoisotopic (exact) mass is 190 g/mol. The molecule has 74 valence electrons. The zero-order valence-corrected chi connectivity index (χ0v) is 8.23. The van der Waals surface area contributed by atoms with Crippen molar-refractivity contribution >= 4 is 5.90 Å². The summed E-state index contributed by atoms with van der Waals surface area (Å²) in [5, 5.41) is 3.97. The number of ether oxygens (including phenoxy) is 1. The lowest BCUT2D eigenvalue weighted by molar-refractivity contribution is 0.175. The van der Waals surface area contributed by atoms with Gasteiger partial charge in [-0.25, -0.2) is 0 Å². The fourth-order valence-electron chi connectivity index (χ4n) is 1.49. The highest BCUT2D eigenvalue weighted by Gasteiger charge is 2.14. The summed E-state index contributed by atoms with van der Waals surface area (Å²) in [4.78, 5) is 0. The van der Waals surface area contributed by atoms with E-state index in [4.69, 9.17) is 4.74 Å². The first-order valence-electron chi connectivity index (χ1n) is 4.85. The summed E-state index contributed by atoms with van der Waals surface area (Å²) in [6.45, 7) is 1.86. The largest absolute Gasteiger partial charge is 0.455 e. The Bertz CT molecular complexity index is 321. The lowest BCUT2D eigenvalue weighted by atomic mass is 10.1. The first-order valence-corrected chi connectivity index (χ1v) is 4.85. The lowest BCUT2D eigenvalue weighted by Crippen LogP contribution is -2.22. The van der Waals surface area contributed by atoms with Gasteiger partial charge in [-0.15, -0.1) is 5.10 Å². The summed E-state index contributed by atoms with van der Waals surface area (Å²) in [5.74, 6) is 0.725. The minimum atomic E-state index is 0.0511. The van der Waals surface area contributed by atoms with Crippen molar-refractivity contribution in [1.82, 2.24) is 5.43 Å². The number of nitrogens with zero attached hydrogens (tertiary/aromatic N) is 1. The van der Waals surface area contributed by atoms with Crippen molar-refractivity contribution in [2.24, 2.45) is 5.10 Å². The molecule has 1 atom stereocenters. The molecule has 1 unspecified atom stereocenters. The molecule has 0 saturated heterocycles. The number of hydrogen-bond acceptors (Lipinski definition) is 3. The van der Waals surface area contributed by atoms with Crippen LogP contribution in [0.15, 0.2) is 35.4 Å². The molecule has 1 aliphatic rings. The molecule has 0 saturated carbocycles. The van der Waals surface area contributed by atoms with Crippen molar-refractivity contribution < 1.29 is 4.74 Å². The van der Waals surface area contributed by atoms with Crippen LogP contribution in [0.25, 0.3) is 0 Å². The summed E-state index contributed by atoms with van der Waals surface area (Å²) in [5.41, 5.74) is 4.28. The minimum Gasteiger partial charge on any atom is -0.455 e. The Kier molecular flexibility index (Phi) is 2.68. The van der Waals surface area contributed by atoms with Crippen molar-refractivity contribution in [3.8, 4) is 0 Å². The van der Waals surface area contributed by atoms with E-state index in [2.05, 4.69) is 34.8 Å². The highest BCUT2D eigenvalue weighted by Crippen LogP contribution is 2.08. The number of aryl methyl sites for hydroxylation is 1. The Morgan fingerprint density at radius 1 is 1.36 bits per heavy atom. The first kappa shape index (κ1) is 9.06. The molecule has 1 heterocycles. The zero-order chi connectivity index (χ0) is 9.80. The molecule has 3 nitrogen and oxygen atoms in total. The third kappa shape index (κ3) is 2.25. The molecule has 0 spiro atoms. The average molecular weight is 190 g/mol. The van der Waals surface area contributed by atoms with Crippen LogP contribution in [0.4, 0.5) is 0 Å². The van der Waals surface area contributed by atoms with E-state index in [-0.39, 0.29) is 6.23 Å². The summed E-state index contributed by atoms with van der Waals surface area (Å²) in [6.07, 6.45) is 2.02. The Hall–Kier alpha value is -1.51. The Balaban J connectivity index is 1.79. The van der Waals surface area contributed by atoms with Crippen molar-refractivity contribution in [3.05, 3.63) is 35.9 Å². The van der Waals surface area contributed by atoms with Crippen LogP contribution in [-0.4, -0.2) is 12.1 Å². The van der Waals surface area contributed by atoms with Gasteiger partial charge in [0, 0.05) is 13.3 Å². The van der Waals surface area contributed by atoms with Gasteiger partial charge in [0.2, 0.25) is 5.90 Å². The van der Waals surface area contributed by atoms with E-state index >= 15 is 0 Å². The molecule has 1 aliphatic heterocycles. The average Bonchev–Trinajstić information content (AvgIpc) is 2.63. The van der Waals surface area contributed by atoms with E-state index in [9.17, 15) is 0 Å². The zero-order valence-electron chi connectivity index (χ0n) is 8.23. The summed E-state index contributed by atoms with van der Waals surface area (Å²) >= 11 is 0. The van der Waals surface area contributed by atoms with Crippen LogP contribution >= 0.6 is 0 Å². The van der Waals surface area contributed by atoms with Crippen LogP contribution in [0.2, 0.25) is 0 Å². The van der Waals surface area contributed by atoms with E-state index in [1.807, 2.05) is 13.0 Å². The van der Waals surface area contributed by atoms with E-state index in [0.29, 0.717) is 0 Å². The van der Waals surface area contributed by atoms with Crippen LogP contribution in [-0.2, 0) is 11.2 Å². The molecule has 0 fully saturated rings. The molecule has 1 aromatic rings. The molecule has 0 bridgehead atoms. The summed E-state index contributed by atoms with van der Waals surface area (Å²) in [7, 11) is 0. The molecule has 0 amide bonds. The van der Waals surface area contributed by atoms with Crippen molar-refractivity contribution in [1.29, 1.82) is 0 Å². The van der Waals surface area contributed by atoms with Crippen LogP contribution in [0.1, 0.15) is 18.9 Å². The highest BCUT2D eigenvalue weighted by molar-refractivity contribution is 5.74. The third-order valence-electron chi connectivity index (χ3n) is 2.22. The fourth-order valence-corrected chi connectivity index (χ4v) is 1.49. The van der Waals surface area contributed by atoms with Gasteiger partial charge in [-0.1, -0.05) is 30.3 Å². The molecule has 1 aromatic carbocycles. The second-order valence-electron chi connectivity index (χ2n) is 3.39. The van der Waals surface area contributed by atoms with Gasteiger partial charge in [0.25, 0.3) is 0 Å². The smallest absolute Gasteiger partial charge is 0.204 e. The van der Waals surface area contributed by atoms with E-state index in [1.54, 1.807) is 0 Å². The van der Waals surface area contributed by atoms with Crippen molar-refractivity contribution in [3.63, 3.8) is 0 Å². The second kappa shape index (κ2) is 4.13. The maximum absolute atomic E-state index is 5.42. The molecule has 3 heteroatoms. The minimum absolute atomic E-state index is 0.0511. The highest BCUT2D eigenvalue weighted by atomic mass is 16.5. The summed E-state index contributed by atoms with van der Waals surface area (Å²) < 4.78 is 5.42. The first-order chi connectivity index (χ1) is 6.84. The molecule has 0 radical (unpaired) electrons. The van der Waals surface area contributed by atoms with Gasteiger partial charge in [-0.05, 0) is 12.0 Å². The van der Waals surface area contributed by atoms with Gasteiger partial charge in [0.1, 0.15) is 0 Å². The van der Waals surface area contributed by atoms with Gasteiger partial charge in [-0.2, -0.15) is 0 Å². The van der Waals surface area contributed by atoms with Crippen LogP contribution in [0, 0.1) is 0 Å². The normalized spacial score (nSPS) is 19.8. The molecule has 0 aliphatic carbocycles. The maximum Gasteiger partial charge on any atom is 0.204 e. The molecular formula is C11H14N2O. The number of hydrogen-bond donors (Lipinski definition) is 1. The fraction of sp³-hybridized carbons (Fsp3) is 0.364. The number of hydrazone groups is 1. The van der Waals surface area contributed by atoms with Gasteiger partial charge in [-0.3, -0.25) is 5.43 Å². The van der Waals surface area contributed by atoms with Crippen LogP contribution in [0.3, 0.4) is 0 Å². The van der Waals surface area contributed by atoms with E-state index < -0.39 is 0 Å². The molecule has 1 N–H and O–H groups in total. The number of rotatable bonds is 3. The van der Waals surface area contributed by atoms with Gasteiger partial charge >= 0.3 is 0 Å². The van der Waals surface area contributed by atoms with Gasteiger partial charge in [0.15, 0.2) is 6.23 Å². The molecule has 14 heavy (non-hydrogen) atoms. The maximum atomic E-state index is 5.42. The van der Waals surface area contributed by atoms with Crippen LogP contribution < -0.4 is 5.43 Å². The quantitative estimate of drug-likeness (QED) is 0.789. The standard InChI is InChI=1S/C11H14N2O/c1-9-12-13-11(14-9)8-7-10-5-3-2-4-6-10/h2-6,11,13H,7-8H2,1H3. The van der Waals surface area contributed by atoms with Crippen molar-refractivity contribution in [2.75, 3.05) is 0 Å². The Labute approximate surface area is 83.8 Å². The third-order valence-corrected chi connectivity index (χ3v) is 2.22. The second-order valence-corrected chi connectivity index (χ2v) is 3.39. The van der Waals surface area contributed by atoms with Crippen LogP contribution in [0.5, 0.6) is 0 Å². The van der Waals surface area contributed by atoms with Gasteiger partial charge in [0.05, 0.1) is 0 Å². The number of benzene rings is 1.